The molecule has 1 heterocycles. The Morgan fingerprint density at radius 2 is 2.18 bits per heavy atom. The van der Waals surface area contributed by atoms with Crippen molar-refractivity contribution in [1.29, 1.82) is 0 Å². The summed E-state index contributed by atoms with van der Waals surface area (Å²) in [6.45, 7) is 3.10. The second-order valence-corrected chi connectivity index (χ2v) is 5.23. The zero-order valence-electron chi connectivity index (χ0n) is 12.4. The second kappa shape index (κ2) is 8.38. The maximum Gasteiger partial charge on any atom is 0.245 e. The summed E-state index contributed by atoms with van der Waals surface area (Å²) in [7, 11) is 0. The van der Waals surface area contributed by atoms with Gasteiger partial charge in [-0.3, -0.25) is 4.79 Å². The van der Waals surface area contributed by atoms with Crippen LogP contribution < -0.4 is 10.6 Å². The van der Waals surface area contributed by atoms with E-state index in [0.29, 0.717) is 29.8 Å². The van der Waals surface area contributed by atoms with Crippen LogP contribution in [0.5, 0.6) is 0 Å². The standard InChI is InChI=1S/C15H19ClN4O2/c1-2-3-8-17-14(21)9-13-19-15(22-20-13)10-18-12-7-5-4-6-11(12)16/h4-7,18H,2-3,8-10H2,1H3,(H,17,21). The predicted octanol–water partition coefficient (Wildman–Crippen LogP) is 2.79. The molecule has 1 aromatic heterocycles. The number of unbranched alkanes of at least 4 members (excludes halogenated alkanes) is 1. The lowest BCUT2D eigenvalue weighted by Crippen LogP contribution is -2.26. The summed E-state index contributed by atoms with van der Waals surface area (Å²) in [5.41, 5.74) is 0.793. The van der Waals surface area contributed by atoms with Gasteiger partial charge in [-0.05, 0) is 18.6 Å². The molecule has 0 aliphatic carbocycles. The number of benzene rings is 1. The molecule has 0 spiro atoms. The molecule has 0 saturated carbocycles. The van der Waals surface area contributed by atoms with Crippen molar-refractivity contribution in [1.82, 2.24) is 15.5 Å². The van der Waals surface area contributed by atoms with Crippen LogP contribution in [0.25, 0.3) is 0 Å². The minimum Gasteiger partial charge on any atom is -0.375 e. The molecule has 0 saturated heterocycles. The molecule has 0 aliphatic rings. The Bertz CT molecular complexity index is 615. The molecular formula is C15H19ClN4O2. The number of para-hydroxylation sites is 1. The summed E-state index contributed by atoms with van der Waals surface area (Å²) in [5, 5.41) is 10.3. The van der Waals surface area contributed by atoms with E-state index < -0.39 is 0 Å². The molecule has 0 radical (unpaired) electrons. The number of aromatic nitrogens is 2. The van der Waals surface area contributed by atoms with E-state index in [9.17, 15) is 4.79 Å². The van der Waals surface area contributed by atoms with Crippen LogP contribution in [0.3, 0.4) is 0 Å². The predicted molar refractivity (Wildman–Crippen MR) is 84.7 cm³/mol. The summed E-state index contributed by atoms with van der Waals surface area (Å²) in [6.07, 6.45) is 2.13. The van der Waals surface area contributed by atoms with Gasteiger partial charge >= 0.3 is 0 Å². The third kappa shape index (κ3) is 5.04. The molecule has 2 aromatic rings. The molecule has 7 heteroatoms. The van der Waals surface area contributed by atoms with Gasteiger partial charge in [0, 0.05) is 6.54 Å². The van der Waals surface area contributed by atoms with Crippen molar-refractivity contribution in [2.45, 2.75) is 32.7 Å². The van der Waals surface area contributed by atoms with Crippen LogP contribution in [-0.2, 0) is 17.8 Å². The first-order valence-electron chi connectivity index (χ1n) is 7.25. The minimum absolute atomic E-state index is 0.0973. The third-order valence-corrected chi connectivity index (χ3v) is 3.31. The highest BCUT2D eigenvalue weighted by Gasteiger charge is 2.11. The highest BCUT2D eigenvalue weighted by Crippen LogP contribution is 2.20. The van der Waals surface area contributed by atoms with E-state index >= 15 is 0 Å². The molecule has 2 rings (SSSR count). The fourth-order valence-electron chi connectivity index (χ4n) is 1.82. The summed E-state index contributed by atoms with van der Waals surface area (Å²) in [4.78, 5) is 15.8. The fraction of sp³-hybridized carbons (Fsp3) is 0.400. The lowest BCUT2D eigenvalue weighted by molar-refractivity contribution is -0.120. The van der Waals surface area contributed by atoms with Crippen molar-refractivity contribution in [3.05, 3.63) is 41.0 Å². The van der Waals surface area contributed by atoms with Crippen LogP contribution in [0.2, 0.25) is 5.02 Å². The molecule has 1 amide bonds. The number of anilines is 1. The molecule has 1 aromatic carbocycles. The maximum absolute atomic E-state index is 11.7. The summed E-state index contributed by atoms with van der Waals surface area (Å²) < 4.78 is 5.11. The molecule has 0 fully saturated rings. The Morgan fingerprint density at radius 3 is 2.95 bits per heavy atom. The van der Waals surface area contributed by atoms with E-state index in [-0.39, 0.29) is 12.3 Å². The van der Waals surface area contributed by atoms with Gasteiger partial charge in [-0.25, -0.2) is 0 Å². The van der Waals surface area contributed by atoms with Crippen molar-refractivity contribution >= 4 is 23.2 Å². The summed E-state index contributed by atoms with van der Waals surface area (Å²) in [5.74, 6) is 0.695. The highest BCUT2D eigenvalue weighted by atomic mass is 35.5. The Balaban J connectivity index is 1.81. The van der Waals surface area contributed by atoms with E-state index in [1.165, 1.54) is 0 Å². The molecule has 2 N–H and O–H groups in total. The van der Waals surface area contributed by atoms with Gasteiger partial charge in [-0.15, -0.1) is 0 Å². The highest BCUT2D eigenvalue weighted by molar-refractivity contribution is 6.33. The Kier molecular flexibility index (Phi) is 6.21. The molecular weight excluding hydrogens is 304 g/mol. The lowest BCUT2D eigenvalue weighted by Gasteiger charge is -2.04. The van der Waals surface area contributed by atoms with Crippen LogP contribution in [0.15, 0.2) is 28.8 Å². The molecule has 6 nitrogen and oxygen atoms in total. The van der Waals surface area contributed by atoms with E-state index in [2.05, 4.69) is 27.7 Å². The number of hydrogen-bond donors (Lipinski definition) is 2. The van der Waals surface area contributed by atoms with E-state index in [1.807, 2.05) is 18.2 Å². The van der Waals surface area contributed by atoms with E-state index in [4.69, 9.17) is 16.1 Å². The second-order valence-electron chi connectivity index (χ2n) is 4.82. The van der Waals surface area contributed by atoms with Gasteiger partial charge in [0.1, 0.15) is 0 Å². The zero-order valence-corrected chi connectivity index (χ0v) is 13.2. The topological polar surface area (TPSA) is 80.0 Å². The first-order chi connectivity index (χ1) is 10.7. The molecule has 22 heavy (non-hydrogen) atoms. The first-order valence-corrected chi connectivity index (χ1v) is 7.63. The van der Waals surface area contributed by atoms with Crippen molar-refractivity contribution in [2.24, 2.45) is 0 Å². The SMILES string of the molecule is CCCCNC(=O)Cc1noc(CNc2ccccc2Cl)n1. The smallest absolute Gasteiger partial charge is 0.245 e. The van der Waals surface area contributed by atoms with Gasteiger partial charge in [-0.1, -0.05) is 42.2 Å². The molecule has 0 atom stereocenters. The number of nitrogens with zero attached hydrogens (tertiary/aromatic N) is 2. The lowest BCUT2D eigenvalue weighted by atomic mass is 10.3. The Morgan fingerprint density at radius 1 is 1.36 bits per heavy atom. The normalized spacial score (nSPS) is 10.5. The first kappa shape index (κ1) is 16.3. The number of carbonyl (C=O) groups excluding carboxylic acids is 1. The molecule has 0 bridgehead atoms. The largest absolute Gasteiger partial charge is 0.375 e. The van der Waals surface area contributed by atoms with E-state index in [0.717, 1.165) is 18.5 Å². The van der Waals surface area contributed by atoms with Crippen LogP contribution >= 0.6 is 11.6 Å². The molecule has 118 valence electrons. The number of amides is 1. The van der Waals surface area contributed by atoms with Crippen LogP contribution in [0.1, 0.15) is 31.5 Å². The summed E-state index contributed by atoms with van der Waals surface area (Å²) in [6, 6.07) is 7.40. The van der Waals surface area contributed by atoms with Crippen molar-refractivity contribution in [2.75, 3.05) is 11.9 Å². The average molecular weight is 323 g/mol. The van der Waals surface area contributed by atoms with Crippen molar-refractivity contribution in [3.8, 4) is 0 Å². The quantitative estimate of drug-likeness (QED) is 0.730. The van der Waals surface area contributed by atoms with Crippen molar-refractivity contribution < 1.29 is 9.32 Å². The minimum atomic E-state index is -0.0973. The number of nitrogens with one attached hydrogen (secondary N) is 2. The fourth-order valence-corrected chi connectivity index (χ4v) is 2.02. The zero-order chi connectivity index (χ0) is 15.8. The van der Waals surface area contributed by atoms with Crippen LogP contribution in [0.4, 0.5) is 5.69 Å². The van der Waals surface area contributed by atoms with Gasteiger partial charge in [0.05, 0.1) is 23.7 Å². The van der Waals surface area contributed by atoms with Crippen molar-refractivity contribution in [3.63, 3.8) is 0 Å². The van der Waals surface area contributed by atoms with Gasteiger partial charge < -0.3 is 15.2 Å². The van der Waals surface area contributed by atoms with Crippen LogP contribution in [0, 0.1) is 0 Å². The van der Waals surface area contributed by atoms with Gasteiger partial charge in [0.2, 0.25) is 11.8 Å². The number of halogens is 1. The average Bonchev–Trinajstić information content (AvgIpc) is 2.94. The molecule has 0 aliphatic heterocycles. The number of rotatable bonds is 8. The van der Waals surface area contributed by atoms with Gasteiger partial charge in [-0.2, -0.15) is 4.98 Å². The maximum atomic E-state index is 11.7. The number of hydrogen-bond acceptors (Lipinski definition) is 5. The van der Waals surface area contributed by atoms with Gasteiger partial charge in [0.15, 0.2) is 5.82 Å². The molecule has 0 unspecified atom stereocenters. The Labute approximate surface area is 134 Å². The summed E-state index contributed by atoms with van der Waals surface area (Å²) >= 11 is 6.04. The van der Waals surface area contributed by atoms with Crippen LogP contribution in [-0.4, -0.2) is 22.6 Å². The third-order valence-electron chi connectivity index (χ3n) is 2.99. The van der Waals surface area contributed by atoms with E-state index in [1.54, 1.807) is 6.07 Å². The Hall–Kier alpha value is -2.08. The monoisotopic (exact) mass is 322 g/mol. The van der Waals surface area contributed by atoms with Gasteiger partial charge in [0.25, 0.3) is 0 Å². The number of carbonyl (C=O) groups is 1.